The summed E-state index contributed by atoms with van der Waals surface area (Å²) in [5.41, 5.74) is 0. The summed E-state index contributed by atoms with van der Waals surface area (Å²) in [4.78, 5) is 37.1. The zero-order valence-electron chi connectivity index (χ0n) is 8.00. The Balaban J connectivity index is -0.0000000800. The van der Waals surface area contributed by atoms with Crippen molar-refractivity contribution in [2.45, 2.75) is 12.8 Å². The monoisotopic (exact) mass is 349 g/mol. The Kier molecular flexibility index (Phi) is 23.8. The van der Waals surface area contributed by atoms with Gasteiger partial charge in [-0.2, -0.15) is 0 Å². The predicted molar refractivity (Wildman–Crippen MR) is 29.3 cm³/mol. The largest absolute Gasteiger partial charge is 2.00 e. The molecule has 0 aromatic carbocycles. The summed E-state index contributed by atoms with van der Waals surface area (Å²) in [5.74, 6) is -6.50. The van der Waals surface area contributed by atoms with E-state index >= 15 is 0 Å². The van der Waals surface area contributed by atoms with E-state index in [0.29, 0.717) is 0 Å². The second-order valence-corrected chi connectivity index (χ2v) is 1.84. The normalized spacial score (nSPS) is 7.00. The molecule has 0 rings (SSSR count). The van der Waals surface area contributed by atoms with Crippen molar-refractivity contribution in [3.05, 3.63) is 0 Å². The molecule has 0 aliphatic carbocycles. The molecular formula is C6H4KO8Pd-. The molecule has 8 nitrogen and oxygen atoms in total. The third kappa shape index (κ3) is 36.8. The molecule has 0 spiro atoms. The molecular weight excluding hydrogens is 346 g/mol. The van der Waals surface area contributed by atoms with Crippen molar-refractivity contribution in [1.82, 2.24) is 0 Å². The summed E-state index contributed by atoms with van der Waals surface area (Å²) < 4.78 is 0. The number of hydrogen-bond acceptors (Lipinski definition) is 8. The zero-order chi connectivity index (χ0) is 11.7. The average molecular weight is 350 g/mol. The number of rotatable bonds is 4. The van der Waals surface area contributed by atoms with Crippen LogP contribution in [-0.2, 0) is 39.6 Å². The molecule has 0 N–H and O–H groups in total. The zero-order valence-corrected chi connectivity index (χ0v) is 12.7. The van der Waals surface area contributed by atoms with Gasteiger partial charge < -0.3 is 39.6 Å². The Hall–Kier alpha value is 0.179. The Bertz CT molecular complexity index is 203. The topological polar surface area (TPSA) is 161 Å². The molecule has 0 fully saturated rings. The van der Waals surface area contributed by atoms with E-state index in [-0.39, 0.29) is 71.8 Å². The molecule has 0 heterocycles. The molecule has 0 bridgehead atoms. The molecule has 88 valence electrons. The molecule has 0 atom stereocenters. The molecule has 10 heteroatoms. The van der Waals surface area contributed by atoms with Crippen molar-refractivity contribution in [2.75, 3.05) is 0 Å². The molecule has 0 amide bonds. The summed E-state index contributed by atoms with van der Waals surface area (Å²) in [5, 5.41) is 37.1. The maximum Gasteiger partial charge on any atom is 2.00 e. The fraction of sp³-hybridized carbons (Fsp3) is 0.333. The van der Waals surface area contributed by atoms with Gasteiger partial charge in [-0.15, -0.1) is 0 Å². The molecule has 0 unspecified atom stereocenters. The number of hydrogen-bond donors (Lipinski definition) is 0. The van der Waals surface area contributed by atoms with Crippen LogP contribution in [-0.4, -0.2) is 23.9 Å². The van der Waals surface area contributed by atoms with E-state index in [2.05, 4.69) is 0 Å². The van der Waals surface area contributed by atoms with Gasteiger partial charge in [0.15, 0.2) is 0 Å². The minimum Gasteiger partial charge on any atom is -0.550 e. The standard InChI is InChI=1S/2C3H4O4.K.Pd/c2*4-2(5)1-3(6)7;;/h2*1H2,(H,4,5)(H,6,7);;/q;;+1;+2/p-4. The SMILES string of the molecule is O=C([O-])CC(=O)[O-].O=C([O-])CC(=O)[O-].[K+].[Pd+2]. The van der Waals surface area contributed by atoms with Crippen LogP contribution >= 0.6 is 0 Å². The van der Waals surface area contributed by atoms with Gasteiger partial charge in [0.1, 0.15) is 0 Å². The van der Waals surface area contributed by atoms with Crippen molar-refractivity contribution in [3.63, 3.8) is 0 Å². The van der Waals surface area contributed by atoms with Crippen molar-refractivity contribution in [2.24, 2.45) is 0 Å². The quantitative estimate of drug-likeness (QED) is 0.357. The van der Waals surface area contributed by atoms with Crippen LogP contribution in [0.15, 0.2) is 0 Å². The minimum atomic E-state index is -1.63. The van der Waals surface area contributed by atoms with Gasteiger partial charge in [0.05, 0.1) is 0 Å². The van der Waals surface area contributed by atoms with E-state index in [4.69, 9.17) is 0 Å². The number of carbonyl (C=O) groups excluding carboxylic acids is 4. The Morgan fingerprint density at radius 2 is 0.750 bits per heavy atom. The van der Waals surface area contributed by atoms with Crippen LogP contribution in [0.25, 0.3) is 0 Å². The van der Waals surface area contributed by atoms with Gasteiger partial charge in [-0.1, -0.05) is 0 Å². The van der Waals surface area contributed by atoms with Gasteiger partial charge in [0, 0.05) is 36.7 Å². The first-order valence-electron chi connectivity index (χ1n) is 3.05. The number of aliphatic carboxylic acids is 4. The van der Waals surface area contributed by atoms with Crippen LogP contribution in [0.2, 0.25) is 0 Å². The second-order valence-electron chi connectivity index (χ2n) is 1.84. The third-order valence-corrected chi connectivity index (χ3v) is 0.577. The number of carboxylic acid groups (broad SMARTS) is 4. The fourth-order valence-corrected chi connectivity index (χ4v) is 0.236. The first-order valence-corrected chi connectivity index (χ1v) is 3.05. The van der Waals surface area contributed by atoms with Gasteiger partial charge in [-0.3, -0.25) is 0 Å². The van der Waals surface area contributed by atoms with E-state index in [1.54, 1.807) is 0 Å². The van der Waals surface area contributed by atoms with Crippen molar-refractivity contribution in [1.29, 1.82) is 0 Å². The third-order valence-electron chi connectivity index (χ3n) is 0.577. The van der Waals surface area contributed by atoms with Gasteiger partial charge in [-0.25, -0.2) is 0 Å². The molecule has 0 aliphatic heterocycles. The van der Waals surface area contributed by atoms with E-state index in [9.17, 15) is 39.6 Å². The maximum atomic E-state index is 9.28. The van der Waals surface area contributed by atoms with Crippen molar-refractivity contribution < 1.29 is 111 Å². The van der Waals surface area contributed by atoms with Crippen LogP contribution in [0.4, 0.5) is 0 Å². The average Bonchev–Trinajstić information content (AvgIpc) is 1.79. The van der Waals surface area contributed by atoms with Crippen LogP contribution in [0, 0.1) is 0 Å². The summed E-state index contributed by atoms with van der Waals surface area (Å²) in [7, 11) is 0. The Morgan fingerprint density at radius 3 is 0.750 bits per heavy atom. The summed E-state index contributed by atoms with van der Waals surface area (Å²) in [6, 6.07) is 0. The van der Waals surface area contributed by atoms with E-state index in [1.807, 2.05) is 0 Å². The van der Waals surface area contributed by atoms with Gasteiger partial charge in [0.2, 0.25) is 0 Å². The van der Waals surface area contributed by atoms with Crippen LogP contribution < -0.4 is 71.8 Å². The molecule has 0 aromatic heterocycles. The molecule has 16 heavy (non-hydrogen) atoms. The van der Waals surface area contributed by atoms with Gasteiger partial charge >= 0.3 is 71.8 Å². The summed E-state index contributed by atoms with van der Waals surface area (Å²) in [6.45, 7) is 0. The molecule has 0 radical (unpaired) electrons. The number of carbonyl (C=O) groups is 4. The first kappa shape index (κ1) is 25.1. The molecule has 0 aromatic rings. The van der Waals surface area contributed by atoms with E-state index in [0.717, 1.165) is 0 Å². The second kappa shape index (κ2) is 15.2. The van der Waals surface area contributed by atoms with Gasteiger partial charge in [0.25, 0.3) is 0 Å². The van der Waals surface area contributed by atoms with E-state index in [1.165, 1.54) is 0 Å². The number of carboxylic acids is 4. The summed E-state index contributed by atoms with van der Waals surface area (Å²) in [6.07, 6.45) is -2.06. The maximum absolute atomic E-state index is 9.28. The molecule has 0 saturated carbocycles. The smallest absolute Gasteiger partial charge is 0.550 e. The van der Waals surface area contributed by atoms with Gasteiger partial charge in [-0.05, 0) is 0 Å². The van der Waals surface area contributed by atoms with Crippen LogP contribution in [0.3, 0.4) is 0 Å². The van der Waals surface area contributed by atoms with Crippen molar-refractivity contribution >= 4 is 23.9 Å². The molecule has 0 saturated heterocycles. The Morgan fingerprint density at radius 1 is 0.625 bits per heavy atom. The molecule has 0 aliphatic rings. The van der Waals surface area contributed by atoms with E-state index < -0.39 is 36.7 Å². The summed E-state index contributed by atoms with van der Waals surface area (Å²) >= 11 is 0. The van der Waals surface area contributed by atoms with Crippen LogP contribution in [0.5, 0.6) is 0 Å². The minimum absolute atomic E-state index is 0. The fourth-order valence-electron chi connectivity index (χ4n) is 0.236. The predicted octanol–water partition coefficient (Wildman–Crippen LogP) is -9.25. The first-order chi connectivity index (χ1) is 6.25. The van der Waals surface area contributed by atoms with Crippen molar-refractivity contribution in [3.8, 4) is 0 Å². The Labute approximate surface area is 146 Å². The van der Waals surface area contributed by atoms with Crippen LogP contribution in [0.1, 0.15) is 12.8 Å².